The van der Waals surface area contributed by atoms with Crippen molar-refractivity contribution in [3.05, 3.63) is 98.9 Å². The van der Waals surface area contributed by atoms with Crippen LogP contribution in [0, 0.1) is 0 Å². The highest BCUT2D eigenvalue weighted by molar-refractivity contribution is 8.18. The van der Waals surface area contributed by atoms with E-state index in [2.05, 4.69) is 0 Å². The van der Waals surface area contributed by atoms with Crippen molar-refractivity contribution in [2.24, 2.45) is 0 Å². The van der Waals surface area contributed by atoms with Crippen LogP contribution < -0.4 is 9.47 Å². The van der Waals surface area contributed by atoms with Gasteiger partial charge >= 0.3 is 0 Å². The van der Waals surface area contributed by atoms with E-state index in [-0.39, 0.29) is 24.3 Å². The van der Waals surface area contributed by atoms with Crippen LogP contribution in [-0.2, 0) is 11.4 Å². The van der Waals surface area contributed by atoms with Crippen LogP contribution in [0.4, 0.5) is 4.79 Å². The quantitative estimate of drug-likeness (QED) is 0.323. The lowest BCUT2D eigenvalue weighted by Gasteiger charge is -2.13. The van der Waals surface area contributed by atoms with Gasteiger partial charge in [0.25, 0.3) is 11.1 Å². The van der Waals surface area contributed by atoms with Gasteiger partial charge in [-0.25, -0.2) is 0 Å². The van der Waals surface area contributed by atoms with Crippen LogP contribution in [0.1, 0.15) is 11.1 Å². The molecule has 1 saturated heterocycles. The van der Waals surface area contributed by atoms with E-state index in [9.17, 15) is 9.59 Å². The van der Waals surface area contributed by atoms with Crippen LogP contribution in [0.5, 0.6) is 11.5 Å². The zero-order valence-electron chi connectivity index (χ0n) is 17.4. The number of hydrogen-bond acceptors (Lipinski definition) is 5. The molecule has 0 N–H and O–H groups in total. The zero-order valence-corrected chi connectivity index (χ0v) is 19.7. The topological polar surface area (TPSA) is 55.8 Å². The zero-order chi connectivity index (χ0) is 23.2. The maximum Gasteiger partial charge on any atom is 0.293 e. The maximum absolute atomic E-state index is 12.7. The summed E-state index contributed by atoms with van der Waals surface area (Å²) in [6, 6.07) is 21.7. The van der Waals surface area contributed by atoms with Crippen LogP contribution in [0.15, 0.2) is 77.7 Å². The molecule has 5 nitrogen and oxygen atoms in total. The molecule has 2 amide bonds. The predicted molar refractivity (Wildman–Crippen MR) is 132 cm³/mol. The van der Waals surface area contributed by atoms with Gasteiger partial charge in [-0.1, -0.05) is 53.5 Å². The third kappa shape index (κ3) is 6.11. The fraction of sp³-hybridized carbons (Fsp3) is 0.120. The molecule has 4 rings (SSSR count). The van der Waals surface area contributed by atoms with E-state index >= 15 is 0 Å². The molecule has 1 heterocycles. The highest BCUT2D eigenvalue weighted by Crippen LogP contribution is 2.32. The minimum Gasteiger partial charge on any atom is -0.492 e. The molecule has 1 aliphatic heterocycles. The van der Waals surface area contributed by atoms with Gasteiger partial charge in [-0.3, -0.25) is 14.5 Å². The number of imide groups is 1. The molecule has 33 heavy (non-hydrogen) atoms. The second-order valence-electron chi connectivity index (χ2n) is 7.09. The minimum atomic E-state index is -0.341. The van der Waals surface area contributed by atoms with Crippen molar-refractivity contribution in [1.29, 1.82) is 0 Å². The van der Waals surface area contributed by atoms with E-state index in [1.807, 2.05) is 48.5 Å². The minimum absolute atomic E-state index is 0.158. The molecule has 0 aromatic heterocycles. The molecular formula is C25H19Cl2NO4S. The highest BCUT2D eigenvalue weighted by Gasteiger charge is 2.34. The Morgan fingerprint density at radius 1 is 0.879 bits per heavy atom. The van der Waals surface area contributed by atoms with Crippen molar-refractivity contribution in [3.8, 4) is 11.5 Å². The van der Waals surface area contributed by atoms with E-state index in [0.29, 0.717) is 33.1 Å². The Hall–Kier alpha value is -2.93. The predicted octanol–water partition coefficient (Wildman–Crippen LogP) is 6.69. The lowest BCUT2D eigenvalue weighted by Crippen LogP contribution is -2.32. The van der Waals surface area contributed by atoms with Crippen molar-refractivity contribution in [1.82, 2.24) is 4.90 Å². The summed E-state index contributed by atoms with van der Waals surface area (Å²) in [5.41, 5.74) is 1.64. The monoisotopic (exact) mass is 499 g/mol. The average molecular weight is 500 g/mol. The molecule has 0 aliphatic carbocycles. The maximum atomic E-state index is 12.7. The van der Waals surface area contributed by atoms with Crippen molar-refractivity contribution in [2.45, 2.75) is 6.61 Å². The molecular weight excluding hydrogens is 481 g/mol. The van der Waals surface area contributed by atoms with Crippen LogP contribution in [0.3, 0.4) is 0 Å². The van der Waals surface area contributed by atoms with Gasteiger partial charge in [0.1, 0.15) is 24.7 Å². The number of halogens is 2. The van der Waals surface area contributed by atoms with Gasteiger partial charge in [-0.05, 0) is 65.9 Å². The number of hydrogen-bond donors (Lipinski definition) is 0. The summed E-state index contributed by atoms with van der Waals surface area (Å²) in [5.74, 6) is 0.918. The first-order chi connectivity index (χ1) is 16.0. The number of carbonyl (C=O) groups excluding carboxylic acids is 2. The first kappa shape index (κ1) is 23.2. The molecule has 0 atom stereocenters. The third-order valence-electron chi connectivity index (χ3n) is 4.78. The van der Waals surface area contributed by atoms with E-state index < -0.39 is 0 Å². The molecule has 3 aromatic carbocycles. The summed E-state index contributed by atoms with van der Waals surface area (Å²) >= 11 is 12.9. The SMILES string of the molecule is O=C1S/C(=C\c2cccc(OCc3ccccc3Cl)c2)C(=O)N1CCOc1ccc(Cl)cc1. The van der Waals surface area contributed by atoms with E-state index in [1.54, 1.807) is 30.3 Å². The molecule has 1 fully saturated rings. The van der Waals surface area contributed by atoms with E-state index in [0.717, 1.165) is 22.9 Å². The van der Waals surface area contributed by atoms with Crippen LogP contribution in [0.25, 0.3) is 6.08 Å². The third-order valence-corrected chi connectivity index (χ3v) is 6.31. The molecule has 0 unspecified atom stereocenters. The number of carbonyl (C=O) groups is 2. The average Bonchev–Trinajstić information content (AvgIpc) is 3.07. The first-order valence-electron chi connectivity index (χ1n) is 10.1. The standard InChI is InChI=1S/C25H19Cl2NO4S/c26-19-8-10-20(11-9-19)31-13-12-28-24(29)23(33-25(28)30)15-17-4-3-6-21(14-17)32-16-18-5-1-2-7-22(18)27/h1-11,14-15H,12-13,16H2/b23-15-. The van der Waals surface area contributed by atoms with Gasteiger partial charge in [-0.2, -0.15) is 0 Å². The Morgan fingerprint density at radius 2 is 1.67 bits per heavy atom. The lowest BCUT2D eigenvalue weighted by atomic mass is 10.2. The Morgan fingerprint density at radius 3 is 2.45 bits per heavy atom. The fourth-order valence-electron chi connectivity index (χ4n) is 3.10. The van der Waals surface area contributed by atoms with Crippen LogP contribution in [-0.4, -0.2) is 29.2 Å². The van der Waals surface area contributed by atoms with Gasteiger partial charge in [0.15, 0.2) is 0 Å². The number of thioether (sulfide) groups is 1. The Bertz CT molecular complexity index is 1200. The molecule has 0 bridgehead atoms. The van der Waals surface area contributed by atoms with Gasteiger partial charge < -0.3 is 9.47 Å². The number of nitrogens with zero attached hydrogens (tertiary/aromatic N) is 1. The second-order valence-corrected chi connectivity index (χ2v) is 8.93. The van der Waals surface area contributed by atoms with Crippen molar-refractivity contribution in [3.63, 3.8) is 0 Å². The molecule has 0 radical (unpaired) electrons. The highest BCUT2D eigenvalue weighted by atomic mass is 35.5. The van der Waals surface area contributed by atoms with E-state index in [1.165, 1.54) is 4.90 Å². The largest absolute Gasteiger partial charge is 0.492 e. The van der Waals surface area contributed by atoms with Gasteiger partial charge in [0.05, 0.1) is 11.4 Å². The first-order valence-corrected chi connectivity index (χ1v) is 11.7. The van der Waals surface area contributed by atoms with Crippen molar-refractivity contribution >= 4 is 52.2 Å². The van der Waals surface area contributed by atoms with Crippen LogP contribution in [0.2, 0.25) is 10.0 Å². The van der Waals surface area contributed by atoms with Crippen molar-refractivity contribution < 1.29 is 19.1 Å². The molecule has 3 aromatic rings. The van der Waals surface area contributed by atoms with Gasteiger partial charge in [-0.15, -0.1) is 0 Å². The Kier molecular flexibility index (Phi) is 7.60. The summed E-state index contributed by atoms with van der Waals surface area (Å²) in [5, 5.41) is 0.927. The fourth-order valence-corrected chi connectivity index (χ4v) is 4.28. The summed E-state index contributed by atoms with van der Waals surface area (Å²) in [6.45, 7) is 0.678. The smallest absolute Gasteiger partial charge is 0.293 e. The summed E-state index contributed by atoms with van der Waals surface area (Å²) in [7, 11) is 0. The number of rotatable bonds is 8. The summed E-state index contributed by atoms with van der Waals surface area (Å²) in [4.78, 5) is 26.6. The molecule has 0 saturated carbocycles. The number of benzene rings is 3. The molecule has 168 valence electrons. The number of amides is 2. The molecule has 8 heteroatoms. The van der Waals surface area contributed by atoms with E-state index in [4.69, 9.17) is 32.7 Å². The summed E-state index contributed by atoms with van der Waals surface area (Å²) in [6.07, 6.45) is 1.69. The number of ether oxygens (including phenoxy) is 2. The lowest BCUT2D eigenvalue weighted by molar-refractivity contribution is -0.123. The van der Waals surface area contributed by atoms with Crippen LogP contribution >= 0.6 is 35.0 Å². The Labute approximate surface area is 205 Å². The van der Waals surface area contributed by atoms with Gasteiger partial charge in [0.2, 0.25) is 0 Å². The normalized spacial score (nSPS) is 14.7. The van der Waals surface area contributed by atoms with Gasteiger partial charge in [0, 0.05) is 15.6 Å². The molecule has 1 aliphatic rings. The summed E-state index contributed by atoms with van der Waals surface area (Å²) < 4.78 is 11.4. The Balaban J connectivity index is 1.37. The molecule has 0 spiro atoms. The second kappa shape index (κ2) is 10.8. The van der Waals surface area contributed by atoms with Crippen molar-refractivity contribution in [2.75, 3.05) is 13.2 Å².